The smallest absolute Gasteiger partial charge is 0.0368 e. The molecule has 0 saturated heterocycles. The van der Waals surface area contributed by atoms with Gasteiger partial charge in [-0.2, -0.15) is 0 Å². The molecule has 1 rings (SSSR count). The van der Waals surface area contributed by atoms with Gasteiger partial charge < -0.3 is 4.90 Å². The molecule has 1 aromatic rings. The van der Waals surface area contributed by atoms with E-state index in [1.807, 2.05) is 0 Å². The molecule has 0 amide bonds. The lowest BCUT2D eigenvalue weighted by Crippen LogP contribution is -2.30. The van der Waals surface area contributed by atoms with Crippen molar-refractivity contribution in [3.63, 3.8) is 0 Å². The Labute approximate surface area is 107 Å². The topological polar surface area (TPSA) is 3.24 Å². The van der Waals surface area contributed by atoms with Crippen molar-refractivity contribution in [3.05, 3.63) is 29.8 Å². The van der Waals surface area contributed by atoms with Gasteiger partial charge in [-0.3, -0.25) is 0 Å². The third-order valence-corrected chi connectivity index (χ3v) is 3.24. The minimum Gasteiger partial charge on any atom is -0.369 e. The van der Waals surface area contributed by atoms with Crippen LogP contribution in [0.2, 0.25) is 0 Å². The van der Waals surface area contributed by atoms with Crippen LogP contribution in [0.1, 0.15) is 46.6 Å². The molecule has 0 unspecified atom stereocenters. The molecule has 0 aromatic heterocycles. The Bertz CT molecular complexity index is 311. The van der Waals surface area contributed by atoms with Gasteiger partial charge in [0.1, 0.15) is 0 Å². The zero-order valence-corrected chi connectivity index (χ0v) is 12.0. The third kappa shape index (κ3) is 4.41. The molecule has 0 aliphatic rings. The normalized spacial score (nSPS) is 11.2. The Hall–Kier alpha value is -0.980. The fraction of sp³-hybridized carbons (Fsp3) is 0.625. The van der Waals surface area contributed by atoms with Crippen molar-refractivity contribution in [1.82, 2.24) is 0 Å². The van der Waals surface area contributed by atoms with E-state index in [1.54, 1.807) is 0 Å². The summed E-state index contributed by atoms with van der Waals surface area (Å²) < 4.78 is 0. The summed E-state index contributed by atoms with van der Waals surface area (Å²) in [5, 5.41) is 0. The molecule has 0 fully saturated rings. The summed E-state index contributed by atoms with van der Waals surface area (Å²) in [4.78, 5) is 2.42. The van der Waals surface area contributed by atoms with Crippen molar-refractivity contribution < 1.29 is 0 Å². The van der Waals surface area contributed by atoms with Crippen LogP contribution in [0.4, 0.5) is 5.69 Å². The highest BCUT2D eigenvalue weighted by Gasteiger charge is 2.07. The molecule has 0 atom stereocenters. The number of hydrogen-bond donors (Lipinski definition) is 0. The van der Waals surface area contributed by atoms with Gasteiger partial charge in [-0.25, -0.2) is 0 Å². The lowest BCUT2D eigenvalue weighted by atomic mass is 10.0. The summed E-state index contributed by atoms with van der Waals surface area (Å²) in [7, 11) is 0. The number of rotatable bonds is 6. The molecular weight excluding hydrogens is 206 g/mol. The lowest BCUT2D eigenvalue weighted by molar-refractivity contribution is 0.586. The summed E-state index contributed by atoms with van der Waals surface area (Å²) in [6.45, 7) is 12.3. The van der Waals surface area contributed by atoms with E-state index in [1.165, 1.54) is 24.1 Å². The number of aryl methyl sites for hydroxylation is 1. The molecule has 0 radical (unpaired) electrons. The first-order valence-corrected chi connectivity index (χ1v) is 6.90. The number of anilines is 1. The monoisotopic (exact) mass is 233 g/mol. The van der Waals surface area contributed by atoms with Gasteiger partial charge in [0.25, 0.3) is 0 Å². The summed E-state index contributed by atoms with van der Waals surface area (Å²) in [5.74, 6) is 0.789. The van der Waals surface area contributed by atoms with Crippen molar-refractivity contribution in [2.45, 2.75) is 53.5 Å². The molecule has 0 bridgehead atoms. The second-order valence-electron chi connectivity index (χ2n) is 5.48. The average molecular weight is 233 g/mol. The highest BCUT2D eigenvalue weighted by atomic mass is 15.1. The van der Waals surface area contributed by atoms with Crippen LogP contribution in [-0.4, -0.2) is 12.6 Å². The summed E-state index contributed by atoms with van der Waals surface area (Å²) in [6.07, 6.45) is 2.48. The van der Waals surface area contributed by atoms with Crippen LogP contribution >= 0.6 is 0 Å². The molecule has 1 nitrogen and oxygen atoms in total. The Kier molecular flexibility index (Phi) is 5.54. The van der Waals surface area contributed by atoms with Crippen LogP contribution in [0, 0.1) is 5.92 Å². The van der Waals surface area contributed by atoms with Crippen LogP contribution < -0.4 is 4.90 Å². The highest BCUT2D eigenvalue weighted by Crippen LogP contribution is 2.19. The molecule has 96 valence electrons. The van der Waals surface area contributed by atoms with Gasteiger partial charge in [0.2, 0.25) is 0 Å². The summed E-state index contributed by atoms with van der Waals surface area (Å²) in [5.41, 5.74) is 2.80. The van der Waals surface area contributed by atoms with E-state index >= 15 is 0 Å². The first-order chi connectivity index (χ1) is 8.04. The van der Waals surface area contributed by atoms with E-state index in [2.05, 4.69) is 63.8 Å². The molecule has 0 aliphatic carbocycles. The fourth-order valence-electron chi connectivity index (χ4n) is 2.16. The Balaban J connectivity index is 2.66. The molecule has 0 saturated carbocycles. The van der Waals surface area contributed by atoms with Crippen molar-refractivity contribution >= 4 is 5.69 Å². The van der Waals surface area contributed by atoms with E-state index in [4.69, 9.17) is 0 Å². The van der Waals surface area contributed by atoms with Gasteiger partial charge in [0, 0.05) is 18.3 Å². The number of benzene rings is 1. The minimum absolute atomic E-state index is 0.571. The lowest BCUT2D eigenvalue weighted by Gasteiger charge is -2.27. The van der Waals surface area contributed by atoms with E-state index in [-0.39, 0.29) is 0 Å². The zero-order chi connectivity index (χ0) is 12.8. The van der Waals surface area contributed by atoms with Crippen LogP contribution in [-0.2, 0) is 6.42 Å². The van der Waals surface area contributed by atoms with Crippen molar-refractivity contribution in [3.8, 4) is 0 Å². The standard InChI is InChI=1S/C16H27N/c1-6-17(14(4)5)16-11-9-15(10-12-16)8-7-13(2)3/h9-14H,6-8H2,1-5H3. The first kappa shape index (κ1) is 14.1. The van der Waals surface area contributed by atoms with Crippen molar-refractivity contribution in [1.29, 1.82) is 0 Å². The maximum Gasteiger partial charge on any atom is 0.0368 e. The predicted octanol–water partition coefficient (Wildman–Crippen LogP) is 4.51. The van der Waals surface area contributed by atoms with Gasteiger partial charge in [0.05, 0.1) is 0 Å². The van der Waals surface area contributed by atoms with Gasteiger partial charge >= 0.3 is 0 Å². The Morgan fingerprint density at radius 1 is 1.00 bits per heavy atom. The molecule has 0 heterocycles. The van der Waals surface area contributed by atoms with E-state index in [0.717, 1.165) is 12.5 Å². The molecule has 1 heteroatoms. The van der Waals surface area contributed by atoms with Gasteiger partial charge in [-0.15, -0.1) is 0 Å². The predicted molar refractivity (Wildman–Crippen MR) is 77.8 cm³/mol. The van der Waals surface area contributed by atoms with E-state index in [0.29, 0.717) is 6.04 Å². The summed E-state index contributed by atoms with van der Waals surface area (Å²) >= 11 is 0. The third-order valence-electron chi connectivity index (χ3n) is 3.24. The maximum atomic E-state index is 2.42. The fourth-order valence-corrected chi connectivity index (χ4v) is 2.16. The first-order valence-electron chi connectivity index (χ1n) is 6.90. The average Bonchev–Trinajstić information content (AvgIpc) is 2.28. The second-order valence-corrected chi connectivity index (χ2v) is 5.48. The summed E-state index contributed by atoms with van der Waals surface area (Å²) in [6, 6.07) is 9.66. The molecule has 1 aromatic carbocycles. The quantitative estimate of drug-likeness (QED) is 0.698. The van der Waals surface area contributed by atoms with Crippen LogP contribution in [0.5, 0.6) is 0 Å². The molecule has 0 N–H and O–H groups in total. The number of nitrogens with zero attached hydrogens (tertiary/aromatic N) is 1. The van der Waals surface area contributed by atoms with Gasteiger partial charge in [-0.1, -0.05) is 26.0 Å². The Morgan fingerprint density at radius 2 is 1.59 bits per heavy atom. The van der Waals surface area contributed by atoms with Crippen molar-refractivity contribution in [2.24, 2.45) is 5.92 Å². The van der Waals surface area contributed by atoms with Crippen molar-refractivity contribution in [2.75, 3.05) is 11.4 Å². The van der Waals surface area contributed by atoms with E-state index < -0.39 is 0 Å². The van der Waals surface area contributed by atoms with Gasteiger partial charge in [0.15, 0.2) is 0 Å². The minimum atomic E-state index is 0.571. The second kappa shape index (κ2) is 6.68. The molecular formula is C16H27N. The van der Waals surface area contributed by atoms with Crippen LogP contribution in [0.25, 0.3) is 0 Å². The van der Waals surface area contributed by atoms with Crippen LogP contribution in [0.3, 0.4) is 0 Å². The number of hydrogen-bond acceptors (Lipinski definition) is 1. The maximum absolute atomic E-state index is 2.42. The van der Waals surface area contributed by atoms with Gasteiger partial charge in [-0.05, 0) is 57.2 Å². The highest BCUT2D eigenvalue weighted by molar-refractivity contribution is 5.48. The largest absolute Gasteiger partial charge is 0.369 e. The van der Waals surface area contributed by atoms with E-state index in [9.17, 15) is 0 Å². The van der Waals surface area contributed by atoms with Crippen LogP contribution in [0.15, 0.2) is 24.3 Å². The molecule has 0 aliphatic heterocycles. The SMILES string of the molecule is CCN(c1ccc(CCC(C)C)cc1)C(C)C. The molecule has 0 spiro atoms. The Morgan fingerprint density at radius 3 is 2.00 bits per heavy atom. The molecule has 17 heavy (non-hydrogen) atoms. The zero-order valence-electron chi connectivity index (χ0n) is 12.0.